The number of nitrogens with one attached hydrogen (secondary N) is 1. The van der Waals surface area contributed by atoms with E-state index in [9.17, 15) is 9.59 Å². The molecule has 0 bridgehead atoms. The molecule has 0 amide bonds. The second-order valence-corrected chi connectivity index (χ2v) is 8.06. The molecule has 1 aromatic heterocycles. The van der Waals surface area contributed by atoms with E-state index in [0.717, 1.165) is 18.8 Å². The second-order valence-electron chi connectivity index (χ2n) is 8.06. The standard InChI is InChI=1S/C26H29N3O4/c1-3-33-26(31)22-17-27-23-13-8-18(25(30)32-2)16-21(23)24(22)28-19-9-11-20(12-10-19)29-14-6-4-5-7-15-29/h8-13,16-17H,3-7,14-15H2,1-2H3,(H,27,28). The number of fused-ring (bicyclic) bond motifs is 1. The maximum Gasteiger partial charge on any atom is 0.341 e. The highest BCUT2D eigenvalue weighted by atomic mass is 16.5. The predicted octanol–water partition coefficient (Wildman–Crippen LogP) is 5.32. The Labute approximate surface area is 193 Å². The van der Waals surface area contributed by atoms with E-state index in [-0.39, 0.29) is 6.61 Å². The molecule has 2 aromatic carbocycles. The molecule has 2 heterocycles. The van der Waals surface area contributed by atoms with Crippen LogP contribution in [0.3, 0.4) is 0 Å². The summed E-state index contributed by atoms with van der Waals surface area (Å²) in [5.41, 5.74) is 3.91. The highest BCUT2D eigenvalue weighted by molar-refractivity contribution is 6.07. The van der Waals surface area contributed by atoms with Gasteiger partial charge in [0.2, 0.25) is 0 Å². The largest absolute Gasteiger partial charge is 0.465 e. The van der Waals surface area contributed by atoms with Crippen LogP contribution in [0, 0.1) is 0 Å². The summed E-state index contributed by atoms with van der Waals surface area (Å²) >= 11 is 0. The Bertz CT molecular complexity index is 1140. The van der Waals surface area contributed by atoms with Crippen molar-refractivity contribution in [2.75, 3.05) is 37.0 Å². The molecule has 0 spiro atoms. The minimum Gasteiger partial charge on any atom is -0.465 e. The third-order valence-electron chi connectivity index (χ3n) is 5.89. The lowest BCUT2D eigenvalue weighted by atomic mass is 10.1. The number of carbonyl (C=O) groups excluding carboxylic acids is 2. The van der Waals surface area contributed by atoms with Gasteiger partial charge in [0.15, 0.2) is 0 Å². The first-order valence-electron chi connectivity index (χ1n) is 11.4. The second kappa shape index (κ2) is 10.3. The first-order valence-corrected chi connectivity index (χ1v) is 11.4. The molecular formula is C26H29N3O4. The fraction of sp³-hybridized carbons (Fsp3) is 0.346. The number of carbonyl (C=O) groups is 2. The number of benzene rings is 2. The number of hydrogen-bond donors (Lipinski definition) is 1. The average molecular weight is 448 g/mol. The Balaban J connectivity index is 1.71. The Morgan fingerprint density at radius 3 is 2.39 bits per heavy atom. The van der Waals surface area contributed by atoms with Crippen LogP contribution in [-0.2, 0) is 9.47 Å². The predicted molar refractivity (Wildman–Crippen MR) is 129 cm³/mol. The topological polar surface area (TPSA) is 80.8 Å². The first kappa shape index (κ1) is 22.6. The summed E-state index contributed by atoms with van der Waals surface area (Å²) in [6.45, 7) is 4.16. The highest BCUT2D eigenvalue weighted by Gasteiger charge is 2.19. The molecule has 0 atom stereocenters. The van der Waals surface area contributed by atoms with Crippen molar-refractivity contribution in [3.8, 4) is 0 Å². The van der Waals surface area contributed by atoms with Crippen molar-refractivity contribution in [2.24, 2.45) is 0 Å². The van der Waals surface area contributed by atoms with Gasteiger partial charge < -0.3 is 19.7 Å². The summed E-state index contributed by atoms with van der Waals surface area (Å²) in [7, 11) is 1.34. The molecule has 7 heteroatoms. The number of esters is 2. The van der Waals surface area contributed by atoms with E-state index in [4.69, 9.17) is 9.47 Å². The molecule has 0 aliphatic carbocycles. The maximum absolute atomic E-state index is 12.7. The SMILES string of the molecule is CCOC(=O)c1cnc2ccc(C(=O)OC)cc2c1Nc1ccc(N2CCCCCC2)cc1. The van der Waals surface area contributed by atoms with Crippen molar-refractivity contribution in [1.29, 1.82) is 0 Å². The van der Waals surface area contributed by atoms with E-state index in [2.05, 4.69) is 27.3 Å². The van der Waals surface area contributed by atoms with Gasteiger partial charge in [-0.1, -0.05) is 12.8 Å². The van der Waals surface area contributed by atoms with Gasteiger partial charge in [-0.25, -0.2) is 9.59 Å². The van der Waals surface area contributed by atoms with Crippen LogP contribution in [0.4, 0.5) is 17.1 Å². The number of ether oxygens (including phenoxy) is 2. The minimum atomic E-state index is -0.473. The number of aromatic nitrogens is 1. The molecule has 0 unspecified atom stereocenters. The van der Waals surface area contributed by atoms with Crippen LogP contribution in [0.2, 0.25) is 0 Å². The molecule has 1 N–H and O–H groups in total. The Hall–Kier alpha value is -3.61. The van der Waals surface area contributed by atoms with E-state index >= 15 is 0 Å². The van der Waals surface area contributed by atoms with Gasteiger partial charge in [-0.15, -0.1) is 0 Å². The molecule has 1 fully saturated rings. The summed E-state index contributed by atoms with van der Waals surface area (Å²) in [5, 5.41) is 4.01. The van der Waals surface area contributed by atoms with Gasteiger partial charge in [0.25, 0.3) is 0 Å². The molecule has 1 aliphatic heterocycles. The number of methoxy groups -OCH3 is 1. The highest BCUT2D eigenvalue weighted by Crippen LogP contribution is 2.32. The van der Waals surface area contributed by atoms with Gasteiger partial charge in [0.05, 0.1) is 30.5 Å². The van der Waals surface area contributed by atoms with Gasteiger partial charge >= 0.3 is 11.9 Å². The van der Waals surface area contributed by atoms with E-state index < -0.39 is 11.9 Å². The Morgan fingerprint density at radius 1 is 1.00 bits per heavy atom. The summed E-state index contributed by atoms with van der Waals surface area (Å²) in [6, 6.07) is 13.3. The maximum atomic E-state index is 12.7. The molecule has 0 radical (unpaired) electrons. The van der Waals surface area contributed by atoms with Crippen LogP contribution in [0.25, 0.3) is 10.9 Å². The van der Waals surface area contributed by atoms with Crippen molar-refractivity contribution in [3.63, 3.8) is 0 Å². The summed E-state index contributed by atoms with van der Waals surface area (Å²) < 4.78 is 10.1. The van der Waals surface area contributed by atoms with Gasteiger partial charge in [0.1, 0.15) is 5.56 Å². The third kappa shape index (κ3) is 5.08. The van der Waals surface area contributed by atoms with Crippen LogP contribution in [0.5, 0.6) is 0 Å². The van der Waals surface area contributed by atoms with Crippen LogP contribution in [-0.4, -0.2) is 43.7 Å². The summed E-state index contributed by atoms with van der Waals surface area (Å²) in [5.74, 6) is -0.926. The van der Waals surface area contributed by atoms with Gasteiger partial charge in [0, 0.05) is 36.0 Å². The van der Waals surface area contributed by atoms with Crippen LogP contribution >= 0.6 is 0 Å². The Kier molecular flexibility index (Phi) is 7.07. The number of pyridine rings is 1. The molecule has 0 saturated carbocycles. The lowest BCUT2D eigenvalue weighted by molar-refractivity contribution is 0.0526. The molecule has 33 heavy (non-hydrogen) atoms. The lowest BCUT2D eigenvalue weighted by Crippen LogP contribution is -2.23. The van der Waals surface area contributed by atoms with Gasteiger partial charge in [-0.05, 0) is 62.2 Å². The van der Waals surface area contributed by atoms with E-state index in [0.29, 0.717) is 27.7 Å². The van der Waals surface area contributed by atoms with E-state index in [1.165, 1.54) is 44.7 Å². The molecule has 172 valence electrons. The first-order chi connectivity index (χ1) is 16.1. The van der Waals surface area contributed by atoms with Crippen molar-refractivity contribution in [1.82, 2.24) is 4.98 Å². The quantitative estimate of drug-likeness (QED) is 0.512. The van der Waals surface area contributed by atoms with Crippen molar-refractivity contribution in [2.45, 2.75) is 32.6 Å². The van der Waals surface area contributed by atoms with Crippen LogP contribution in [0.15, 0.2) is 48.7 Å². The Morgan fingerprint density at radius 2 is 1.73 bits per heavy atom. The van der Waals surface area contributed by atoms with E-state index in [1.807, 2.05) is 12.1 Å². The van der Waals surface area contributed by atoms with E-state index in [1.54, 1.807) is 25.1 Å². The molecule has 1 saturated heterocycles. The third-order valence-corrected chi connectivity index (χ3v) is 5.89. The van der Waals surface area contributed by atoms with Crippen molar-refractivity contribution < 1.29 is 19.1 Å². The van der Waals surface area contributed by atoms with Gasteiger partial charge in [-0.3, -0.25) is 4.98 Å². The smallest absolute Gasteiger partial charge is 0.341 e. The number of nitrogens with zero attached hydrogens (tertiary/aromatic N) is 2. The van der Waals surface area contributed by atoms with Crippen molar-refractivity contribution in [3.05, 3.63) is 59.8 Å². The number of anilines is 3. The zero-order valence-electron chi connectivity index (χ0n) is 19.1. The zero-order chi connectivity index (χ0) is 23.2. The summed E-state index contributed by atoms with van der Waals surface area (Å²) in [6.07, 6.45) is 6.51. The minimum absolute atomic E-state index is 0.253. The average Bonchev–Trinajstić information content (AvgIpc) is 3.14. The lowest BCUT2D eigenvalue weighted by Gasteiger charge is -2.23. The summed E-state index contributed by atoms with van der Waals surface area (Å²) in [4.78, 5) is 31.6. The fourth-order valence-electron chi connectivity index (χ4n) is 4.16. The normalized spacial score (nSPS) is 13.9. The fourth-order valence-corrected chi connectivity index (χ4v) is 4.16. The van der Waals surface area contributed by atoms with Gasteiger partial charge in [-0.2, -0.15) is 0 Å². The molecule has 7 nitrogen and oxygen atoms in total. The van der Waals surface area contributed by atoms with Crippen molar-refractivity contribution >= 4 is 39.9 Å². The monoisotopic (exact) mass is 447 g/mol. The number of hydrogen-bond acceptors (Lipinski definition) is 7. The van der Waals surface area contributed by atoms with Crippen LogP contribution < -0.4 is 10.2 Å². The molecule has 3 aromatic rings. The van der Waals surface area contributed by atoms with Crippen LogP contribution in [0.1, 0.15) is 53.3 Å². The number of rotatable bonds is 6. The molecule has 4 rings (SSSR count). The zero-order valence-corrected chi connectivity index (χ0v) is 19.1. The molecular weight excluding hydrogens is 418 g/mol. The molecule has 1 aliphatic rings.